The number of aryl methyl sites for hydroxylation is 1. The molecule has 8 heteroatoms. The number of hydrogen-bond acceptors (Lipinski definition) is 3. The Labute approximate surface area is 149 Å². The molecule has 0 spiro atoms. The Morgan fingerprint density at radius 1 is 1.36 bits per heavy atom. The van der Waals surface area contributed by atoms with Gasteiger partial charge in [-0.15, -0.1) is 0 Å². The number of guanidine groups is 1. The van der Waals surface area contributed by atoms with Crippen LogP contribution in [-0.2, 0) is 4.79 Å². The van der Waals surface area contributed by atoms with Gasteiger partial charge >= 0.3 is 6.03 Å². The molecule has 1 saturated heterocycles. The Morgan fingerprint density at radius 3 is 2.84 bits per heavy atom. The van der Waals surface area contributed by atoms with Crippen molar-refractivity contribution in [2.75, 3.05) is 12.4 Å². The van der Waals surface area contributed by atoms with Crippen molar-refractivity contribution in [3.63, 3.8) is 0 Å². The van der Waals surface area contributed by atoms with E-state index in [1.54, 1.807) is 49.5 Å². The van der Waals surface area contributed by atoms with Gasteiger partial charge in [0.25, 0.3) is 5.91 Å². The summed E-state index contributed by atoms with van der Waals surface area (Å²) in [5, 5.41) is 5.63. The lowest BCUT2D eigenvalue weighted by Crippen LogP contribution is -2.29. The zero-order valence-corrected chi connectivity index (χ0v) is 14.3. The molecule has 1 aromatic carbocycles. The van der Waals surface area contributed by atoms with E-state index >= 15 is 0 Å². The van der Waals surface area contributed by atoms with Crippen LogP contribution in [0.25, 0.3) is 6.08 Å². The molecule has 3 rings (SSSR count). The minimum absolute atomic E-state index is 0.124. The van der Waals surface area contributed by atoms with Gasteiger partial charge in [-0.25, -0.2) is 4.79 Å². The third-order valence-electron chi connectivity index (χ3n) is 3.46. The predicted molar refractivity (Wildman–Crippen MR) is 95.2 cm³/mol. The molecule has 0 aliphatic carbocycles. The number of benzene rings is 1. The van der Waals surface area contributed by atoms with Crippen molar-refractivity contribution >= 4 is 41.3 Å². The first kappa shape index (κ1) is 16.8. The molecule has 2 N–H and O–H groups in total. The van der Waals surface area contributed by atoms with Crippen LogP contribution in [0, 0.1) is 6.92 Å². The number of hydrogen-bond donors (Lipinski definition) is 2. The molecule has 1 fully saturated rings. The Morgan fingerprint density at radius 2 is 2.16 bits per heavy atom. The lowest BCUT2D eigenvalue weighted by Gasteiger charge is -2.10. The van der Waals surface area contributed by atoms with E-state index in [9.17, 15) is 9.59 Å². The van der Waals surface area contributed by atoms with Crippen LogP contribution in [0.5, 0.6) is 0 Å². The largest absolute Gasteiger partial charge is 0.462 e. The molecule has 25 heavy (non-hydrogen) atoms. The lowest BCUT2D eigenvalue weighted by atomic mass is 10.3. The molecule has 0 radical (unpaired) electrons. The third kappa shape index (κ3) is 3.89. The van der Waals surface area contributed by atoms with Crippen LogP contribution in [0.15, 0.2) is 51.5 Å². The minimum Gasteiger partial charge on any atom is -0.462 e. The summed E-state index contributed by atoms with van der Waals surface area (Å²) < 4.78 is 5.43. The molecule has 7 nitrogen and oxygen atoms in total. The van der Waals surface area contributed by atoms with Crippen LogP contribution >= 0.6 is 11.6 Å². The van der Waals surface area contributed by atoms with Gasteiger partial charge in [-0.2, -0.15) is 4.99 Å². The summed E-state index contributed by atoms with van der Waals surface area (Å²) in [5.74, 6) is 1.03. The SMILES string of the molecule is Cc1ccc(C=C2C(=O)NC(=NC(=O)Nc3cccc(Cl)c3)N2C)o1. The van der Waals surface area contributed by atoms with Gasteiger partial charge in [-0.3, -0.25) is 10.1 Å². The highest BCUT2D eigenvalue weighted by molar-refractivity contribution is 6.30. The molecule has 1 aliphatic rings. The van der Waals surface area contributed by atoms with E-state index in [4.69, 9.17) is 16.0 Å². The van der Waals surface area contributed by atoms with Crippen molar-refractivity contribution < 1.29 is 14.0 Å². The smallest absolute Gasteiger partial charge is 0.348 e. The summed E-state index contributed by atoms with van der Waals surface area (Å²) in [5.41, 5.74) is 0.833. The summed E-state index contributed by atoms with van der Waals surface area (Å²) in [6.45, 7) is 1.81. The molecule has 1 aliphatic heterocycles. The highest BCUT2D eigenvalue weighted by Crippen LogP contribution is 2.18. The van der Waals surface area contributed by atoms with Gasteiger partial charge < -0.3 is 14.6 Å². The van der Waals surface area contributed by atoms with Crippen molar-refractivity contribution in [1.82, 2.24) is 10.2 Å². The molecule has 0 saturated carbocycles. The topological polar surface area (TPSA) is 86.9 Å². The van der Waals surface area contributed by atoms with Crippen LogP contribution in [0.3, 0.4) is 0 Å². The Kier molecular flexibility index (Phi) is 4.58. The normalized spacial score (nSPS) is 17.2. The fourth-order valence-electron chi connectivity index (χ4n) is 2.26. The number of nitrogens with zero attached hydrogens (tertiary/aromatic N) is 2. The Bertz CT molecular complexity index is 901. The summed E-state index contributed by atoms with van der Waals surface area (Å²) in [6, 6.07) is 9.62. The molecule has 0 unspecified atom stereocenters. The molecule has 3 amide bonds. The Balaban J connectivity index is 1.76. The van der Waals surface area contributed by atoms with Gasteiger partial charge in [-0.05, 0) is 37.3 Å². The van der Waals surface area contributed by atoms with E-state index in [1.807, 2.05) is 6.92 Å². The first-order chi connectivity index (χ1) is 11.9. The number of halogens is 1. The molecule has 0 atom stereocenters. The number of likely N-dealkylation sites (N-methyl/N-ethyl adjacent to an activating group) is 1. The van der Waals surface area contributed by atoms with Gasteiger partial charge in [0.2, 0.25) is 5.96 Å². The second kappa shape index (κ2) is 6.82. The minimum atomic E-state index is -0.625. The van der Waals surface area contributed by atoms with Gasteiger partial charge in [-0.1, -0.05) is 17.7 Å². The molecule has 128 valence electrons. The number of urea groups is 1. The van der Waals surface area contributed by atoms with E-state index in [1.165, 1.54) is 4.90 Å². The maximum atomic E-state index is 12.1. The van der Waals surface area contributed by atoms with Gasteiger partial charge in [0.1, 0.15) is 17.2 Å². The summed E-state index contributed by atoms with van der Waals surface area (Å²) in [6.07, 6.45) is 1.58. The number of amides is 3. The first-order valence-corrected chi connectivity index (χ1v) is 7.78. The van der Waals surface area contributed by atoms with Crippen LogP contribution in [0.4, 0.5) is 10.5 Å². The number of nitrogens with one attached hydrogen (secondary N) is 2. The average molecular weight is 359 g/mol. The number of aliphatic imine (C=N–C) groups is 1. The highest BCUT2D eigenvalue weighted by atomic mass is 35.5. The van der Waals surface area contributed by atoms with Crippen molar-refractivity contribution in [3.8, 4) is 0 Å². The molecular formula is C17H15ClN4O3. The van der Waals surface area contributed by atoms with Crippen LogP contribution in [-0.4, -0.2) is 29.8 Å². The van der Waals surface area contributed by atoms with Crippen LogP contribution in [0.2, 0.25) is 5.02 Å². The maximum Gasteiger partial charge on any atom is 0.348 e. The number of rotatable bonds is 2. The molecular weight excluding hydrogens is 344 g/mol. The molecule has 1 aromatic heterocycles. The van der Waals surface area contributed by atoms with Crippen molar-refractivity contribution in [2.45, 2.75) is 6.92 Å². The second-order valence-electron chi connectivity index (χ2n) is 5.37. The standard InChI is InChI=1S/C17H15ClN4O3/c1-10-6-7-13(25-10)9-14-15(23)20-16(22(14)2)21-17(24)19-12-5-3-4-11(18)8-12/h3-9H,1-2H3,(H2,19,20,21,23,24). The Hall–Kier alpha value is -3.06. The van der Waals surface area contributed by atoms with E-state index in [0.717, 1.165) is 5.76 Å². The quantitative estimate of drug-likeness (QED) is 0.807. The van der Waals surface area contributed by atoms with E-state index in [2.05, 4.69) is 15.6 Å². The number of carbonyl (C=O) groups is 2. The van der Waals surface area contributed by atoms with Gasteiger partial charge in [0.05, 0.1) is 0 Å². The van der Waals surface area contributed by atoms with E-state index < -0.39 is 6.03 Å². The lowest BCUT2D eigenvalue weighted by molar-refractivity contribution is -0.115. The third-order valence-corrected chi connectivity index (χ3v) is 3.70. The maximum absolute atomic E-state index is 12.1. The summed E-state index contributed by atoms with van der Waals surface area (Å²) >= 11 is 5.87. The van der Waals surface area contributed by atoms with Crippen molar-refractivity contribution in [2.24, 2.45) is 4.99 Å². The monoisotopic (exact) mass is 358 g/mol. The molecule has 2 heterocycles. The fourth-order valence-corrected chi connectivity index (χ4v) is 2.45. The number of anilines is 1. The summed E-state index contributed by atoms with van der Waals surface area (Å²) in [4.78, 5) is 29.5. The van der Waals surface area contributed by atoms with Crippen LogP contribution < -0.4 is 10.6 Å². The summed E-state index contributed by atoms with van der Waals surface area (Å²) in [7, 11) is 1.63. The molecule has 0 bridgehead atoms. The zero-order valence-electron chi connectivity index (χ0n) is 13.5. The van der Waals surface area contributed by atoms with E-state index in [0.29, 0.717) is 22.2 Å². The highest BCUT2D eigenvalue weighted by Gasteiger charge is 2.29. The van der Waals surface area contributed by atoms with E-state index in [-0.39, 0.29) is 11.9 Å². The van der Waals surface area contributed by atoms with Crippen molar-refractivity contribution in [3.05, 3.63) is 58.6 Å². The predicted octanol–water partition coefficient (Wildman–Crippen LogP) is 3.23. The average Bonchev–Trinajstić information content (AvgIpc) is 3.06. The first-order valence-electron chi connectivity index (χ1n) is 7.41. The number of furan rings is 1. The number of carbonyl (C=O) groups excluding carboxylic acids is 2. The van der Waals surface area contributed by atoms with Crippen LogP contribution in [0.1, 0.15) is 11.5 Å². The van der Waals surface area contributed by atoms with Crippen molar-refractivity contribution in [1.29, 1.82) is 0 Å². The molecule has 2 aromatic rings. The van der Waals surface area contributed by atoms with Gasteiger partial charge in [0, 0.05) is 23.8 Å². The van der Waals surface area contributed by atoms with Gasteiger partial charge in [0.15, 0.2) is 0 Å². The fraction of sp³-hybridized carbons (Fsp3) is 0.118. The zero-order chi connectivity index (χ0) is 18.0. The second-order valence-corrected chi connectivity index (χ2v) is 5.80.